The first-order valence-electron chi connectivity index (χ1n) is 18.7. The third-order valence-corrected chi connectivity index (χ3v) is 15.3. The Hall–Kier alpha value is -5.24. The first-order valence-corrected chi connectivity index (χ1v) is 21.9. The molecule has 0 aromatic heterocycles. The van der Waals surface area contributed by atoms with E-state index in [0.29, 0.717) is 0 Å². The van der Waals surface area contributed by atoms with Gasteiger partial charge in [0.15, 0.2) is 0 Å². The molecule has 0 spiro atoms. The largest absolute Gasteiger partial charge is 0.309 e. The van der Waals surface area contributed by atoms with Crippen LogP contribution in [-0.4, -0.2) is 0 Å². The average Bonchev–Trinajstić information content (AvgIpc) is 3.24. The zero-order valence-electron chi connectivity index (χ0n) is 30.8. The van der Waals surface area contributed by atoms with Crippen LogP contribution in [0.4, 0.5) is 34.1 Å². The van der Waals surface area contributed by atoms with E-state index in [2.05, 4.69) is 206 Å². The lowest BCUT2D eigenvalue weighted by Crippen LogP contribution is -2.12. The molecule has 10 rings (SSSR count). The molecule has 0 fully saturated rings. The van der Waals surface area contributed by atoms with Crippen molar-refractivity contribution in [2.45, 2.75) is 53.0 Å². The molecule has 270 valence electrons. The van der Waals surface area contributed by atoms with E-state index in [4.69, 9.17) is 0 Å². The van der Waals surface area contributed by atoms with Gasteiger partial charge in [-0.1, -0.05) is 143 Å². The fourth-order valence-corrected chi connectivity index (χ4v) is 12.0. The predicted octanol–water partition coefficient (Wildman–Crippen LogP) is 16.1. The van der Waals surface area contributed by atoms with Crippen LogP contribution in [0.3, 0.4) is 0 Å². The molecule has 2 heterocycles. The van der Waals surface area contributed by atoms with Crippen LogP contribution in [0.25, 0.3) is 11.1 Å². The molecule has 0 saturated heterocycles. The van der Waals surface area contributed by atoms with Crippen LogP contribution < -0.4 is 9.80 Å². The van der Waals surface area contributed by atoms with Crippen LogP contribution in [0, 0.1) is 13.8 Å². The third kappa shape index (κ3) is 6.71. The fourth-order valence-electron chi connectivity index (χ4n) is 7.27. The zero-order valence-corrected chi connectivity index (χ0v) is 34.1. The summed E-state index contributed by atoms with van der Waals surface area (Å²) in [4.78, 5) is 15.2. The van der Waals surface area contributed by atoms with E-state index in [1.807, 2.05) is 47.0 Å². The number of hydrogen-bond donors (Lipinski definition) is 0. The van der Waals surface area contributed by atoms with Crippen LogP contribution in [0.1, 0.15) is 11.1 Å². The van der Waals surface area contributed by atoms with Crippen LogP contribution in [-0.2, 0) is 0 Å². The number of aryl methyl sites for hydroxylation is 2. The number of anilines is 6. The molecule has 6 heteroatoms. The standard InChI is InChI=1S/C50H36N2S4/c1-33-17-25-37(26-18-33)51(41-9-7-15-47-49(41)55-45-13-5-3-11-43(45)53-47)39-29-21-35(22-30-39)36-23-31-40(32-24-36)52(38-27-19-34(2)20-28-38)42-10-8-16-48-50(42)56-46-14-6-4-12-44(46)54-48/h3-32H,1-2H3. The van der Waals surface area contributed by atoms with E-state index in [0.717, 1.165) is 22.7 Å². The van der Waals surface area contributed by atoms with Crippen molar-refractivity contribution in [3.8, 4) is 11.1 Å². The van der Waals surface area contributed by atoms with Gasteiger partial charge in [-0.05, 0) is 122 Å². The van der Waals surface area contributed by atoms with Crippen molar-refractivity contribution >= 4 is 81.2 Å². The molecule has 0 amide bonds. The summed E-state index contributed by atoms with van der Waals surface area (Å²) in [6, 6.07) is 66.6. The molecule has 0 radical (unpaired) electrons. The smallest absolute Gasteiger partial charge is 0.0612 e. The van der Waals surface area contributed by atoms with Gasteiger partial charge < -0.3 is 9.80 Å². The molecular formula is C50H36N2S4. The third-order valence-electron chi connectivity index (χ3n) is 10.1. The maximum Gasteiger partial charge on any atom is 0.0612 e. The topological polar surface area (TPSA) is 6.48 Å². The molecule has 2 nitrogen and oxygen atoms in total. The fraction of sp³-hybridized carbons (Fsp3) is 0.0400. The predicted molar refractivity (Wildman–Crippen MR) is 240 cm³/mol. The number of fused-ring (bicyclic) bond motifs is 4. The molecule has 0 aliphatic carbocycles. The van der Waals surface area contributed by atoms with Crippen molar-refractivity contribution < 1.29 is 0 Å². The van der Waals surface area contributed by atoms with Gasteiger partial charge in [0.05, 0.1) is 21.2 Å². The Morgan fingerprint density at radius 1 is 0.286 bits per heavy atom. The van der Waals surface area contributed by atoms with Gasteiger partial charge in [0.1, 0.15) is 0 Å². The second-order valence-electron chi connectivity index (χ2n) is 13.9. The maximum atomic E-state index is 2.40. The lowest BCUT2D eigenvalue weighted by molar-refractivity contribution is 1.12. The van der Waals surface area contributed by atoms with Crippen LogP contribution in [0.5, 0.6) is 0 Å². The molecule has 8 aromatic carbocycles. The molecule has 56 heavy (non-hydrogen) atoms. The molecule has 2 aliphatic rings. The Labute approximate surface area is 346 Å². The first-order chi connectivity index (χ1) is 27.6. The van der Waals surface area contributed by atoms with Crippen molar-refractivity contribution in [3.63, 3.8) is 0 Å². The van der Waals surface area contributed by atoms with Crippen molar-refractivity contribution in [2.75, 3.05) is 9.80 Å². The minimum Gasteiger partial charge on any atom is -0.309 e. The van der Waals surface area contributed by atoms with E-state index in [9.17, 15) is 0 Å². The SMILES string of the molecule is Cc1ccc(N(c2ccc(-c3ccc(N(c4ccc(C)cc4)c4cccc5c4Sc4ccccc4S5)cc3)cc2)c2cccc3c2Sc2ccccc2S3)cc1. The number of hydrogen-bond acceptors (Lipinski definition) is 6. The lowest BCUT2D eigenvalue weighted by Gasteiger charge is -2.30. The molecule has 0 unspecified atom stereocenters. The summed E-state index contributed by atoms with van der Waals surface area (Å²) >= 11 is 7.45. The van der Waals surface area contributed by atoms with E-state index in [-0.39, 0.29) is 0 Å². The van der Waals surface area contributed by atoms with Gasteiger partial charge in [0.2, 0.25) is 0 Å². The molecule has 8 aromatic rings. The highest BCUT2D eigenvalue weighted by Gasteiger charge is 2.26. The average molecular weight is 793 g/mol. The molecule has 0 N–H and O–H groups in total. The summed E-state index contributed by atoms with van der Waals surface area (Å²) in [5.74, 6) is 0. The summed E-state index contributed by atoms with van der Waals surface area (Å²) < 4.78 is 0. The van der Waals surface area contributed by atoms with Crippen molar-refractivity contribution in [1.82, 2.24) is 0 Å². The Bertz CT molecular complexity index is 2520. The van der Waals surface area contributed by atoms with Gasteiger partial charge in [-0.25, -0.2) is 0 Å². The number of rotatable bonds is 7. The molecule has 0 bridgehead atoms. The Kier molecular flexibility index (Phi) is 9.44. The van der Waals surface area contributed by atoms with E-state index >= 15 is 0 Å². The van der Waals surface area contributed by atoms with Gasteiger partial charge in [-0.15, -0.1) is 0 Å². The van der Waals surface area contributed by atoms with Crippen molar-refractivity contribution in [2.24, 2.45) is 0 Å². The minimum atomic E-state index is 1.13. The first kappa shape index (κ1) is 35.2. The summed E-state index contributed by atoms with van der Waals surface area (Å²) in [5, 5.41) is 0. The molecule has 2 aliphatic heterocycles. The van der Waals surface area contributed by atoms with Gasteiger partial charge >= 0.3 is 0 Å². The zero-order chi connectivity index (χ0) is 37.6. The monoisotopic (exact) mass is 792 g/mol. The second-order valence-corrected chi connectivity index (χ2v) is 18.2. The van der Waals surface area contributed by atoms with Crippen LogP contribution in [0.15, 0.2) is 221 Å². The Balaban J connectivity index is 0.996. The van der Waals surface area contributed by atoms with E-state index in [1.165, 1.54) is 72.8 Å². The summed E-state index contributed by atoms with van der Waals surface area (Å²) in [6.45, 7) is 4.29. The molecule has 0 atom stereocenters. The van der Waals surface area contributed by atoms with Gasteiger partial charge in [-0.3, -0.25) is 0 Å². The highest BCUT2D eigenvalue weighted by molar-refractivity contribution is 8.05. The lowest BCUT2D eigenvalue weighted by atomic mass is 10.0. The van der Waals surface area contributed by atoms with Gasteiger partial charge in [0, 0.05) is 52.1 Å². The van der Waals surface area contributed by atoms with Crippen LogP contribution in [0.2, 0.25) is 0 Å². The van der Waals surface area contributed by atoms with Crippen molar-refractivity contribution in [1.29, 1.82) is 0 Å². The van der Waals surface area contributed by atoms with E-state index in [1.54, 1.807) is 0 Å². The molecular weight excluding hydrogens is 757 g/mol. The molecule has 0 saturated carbocycles. The normalized spacial score (nSPS) is 12.5. The summed E-state index contributed by atoms with van der Waals surface area (Å²) in [7, 11) is 0. The highest BCUT2D eigenvalue weighted by Crippen LogP contribution is 2.55. The Morgan fingerprint density at radius 2 is 0.589 bits per heavy atom. The summed E-state index contributed by atoms with van der Waals surface area (Å²) in [5.41, 5.74) is 11.8. The van der Waals surface area contributed by atoms with Gasteiger partial charge in [-0.2, -0.15) is 0 Å². The van der Waals surface area contributed by atoms with Crippen molar-refractivity contribution in [3.05, 3.63) is 193 Å². The summed E-state index contributed by atoms with van der Waals surface area (Å²) in [6.07, 6.45) is 0. The van der Waals surface area contributed by atoms with E-state index < -0.39 is 0 Å². The second kappa shape index (κ2) is 15.0. The van der Waals surface area contributed by atoms with Crippen LogP contribution >= 0.6 is 47.0 Å². The maximum absolute atomic E-state index is 2.40. The number of nitrogens with zero attached hydrogens (tertiary/aromatic N) is 2. The highest BCUT2D eigenvalue weighted by atomic mass is 32.2. The quantitative estimate of drug-likeness (QED) is 0.157. The minimum absolute atomic E-state index is 1.13. The Morgan fingerprint density at radius 3 is 0.946 bits per heavy atom. The number of benzene rings is 8. The van der Waals surface area contributed by atoms with Gasteiger partial charge in [0.25, 0.3) is 0 Å².